The summed E-state index contributed by atoms with van der Waals surface area (Å²) in [6, 6.07) is 4.20. The standard InChI is InChI=1S/C11H16N6/c1-10(2)9(11(10,3)4)12-7-5-6-8-13-15-16-17(8)14-7/h5-6,9H,1-4H3,(H,12,14). The molecule has 0 bridgehead atoms. The summed E-state index contributed by atoms with van der Waals surface area (Å²) < 4.78 is 1.44. The Kier molecular flexibility index (Phi) is 1.80. The molecule has 0 unspecified atom stereocenters. The number of nitrogens with zero attached hydrogens (tertiary/aromatic N) is 5. The lowest BCUT2D eigenvalue weighted by molar-refractivity contribution is 0.457. The van der Waals surface area contributed by atoms with Crippen molar-refractivity contribution < 1.29 is 0 Å². The molecule has 1 aliphatic carbocycles. The fourth-order valence-electron chi connectivity index (χ4n) is 2.43. The van der Waals surface area contributed by atoms with Gasteiger partial charge in [-0.15, -0.1) is 14.8 Å². The fourth-order valence-corrected chi connectivity index (χ4v) is 2.43. The van der Waals surface area contributed by atoms with Crippen LogP contribution in [0.15, 0.2) is 12.1 Å². The van der Waals surface area contributed by atoms with Gasteiger partial charge in [0.05, 0.1) is 0 Å². The molecule has 0 aromatic carbocycles. The Morgan fingerprint density at radius 1 is 1.18 bits per heavy atom. The van der Waals surface area contributed by atoms with Crippen LogP contribution in [-0.2, 0) is 0 Å². The summed E-state index contributed by atoms with van der Waals surface area (Å²) in [4.78, 5) is 0. The number of rotatable bonds is 2. The van der Waals surface area contributed by atoms with Gasteiger partial charge >= 0.3 is 0 Å². The molecule has 1 saturated carbocycles. The molecule has 17 heavy (non-hydrogen) atoms. The highest BCUT2D eigenvalue weighted by molar-refractivity contribution is 5.45. The minimum Gasteiger partial charge on any atom is -0.365 e. The first-order valence-corrected chi connectivity index (χ1v) is 5.75. The Morgan fingerprint density at radius 2 is 1.88 bits per heavy atom. The van der Waals surface area contributed by atoms with E-state index in [0.717, 1.165) is 5.82 Å². The third-order valence-electron chi connectivity index (χ3n) is 4.38. The molecule has 0 atom stereocenters. The quantitative estimate of drug-likeness (QED) is 0.846. The van der Waals surface area contributed by atoms with Crippen LogP contribution < -0.4 is 5.32 Å². The third kappa shape index (κ3) is 1.33. The summed E-state index contributed by atoms with van der Waals surface area (Å²) in [6.45, 7) is 9.06. The van der Waals surface area contributed by atoms with E-state index < -0.39 is 0 Å². The zero-order valence-electron chi connectivity index (χ0n) is 10.5. The molecule has 6 nitrogen and oxygen atoms in total. The normalized spacial score (nSPS) is 21.6. The van der Waals surface area contributed by atoms with E-state index in [-0.39, 0.29) is 10.8 Å². The molecule has 0 spiro atoms. The number of aromatic nitrogens is 5. The average Bonchev–Trinajstić information content (AvgIpc) is 2.67. The molecule has 0 aliphatic heterocycles. The molecule has 3 rings (SSSR count). The van der Waals surface area contributed by atoms with Gasteiger partial charge in [-0.05, 0) is 33.4 Å². The summed E-state index contributed by atoms with van der Waals surface area (Å²) >= 11 is 0. The number of anilines is 1. The summed E-state index contributed by atoms with van der Waals surface area (Å²) in [6.07, 6.45) is 0. The van der Waals surface area contributed by atoms with E-state index in [0.29, 0.717) is 11.7 Å². The monoisotopic (exact) mass is 232 g/mol. The van der Waals surface area contributed by atoms with E-state index in [1.54, 1.807) is 0 Å². The van der Waals surface area contributed by atoms with E-state index in [2.05, 4.69) is 53.6 Å². The van der Waals surface area contributed by atoms with Crippen molar-refractivity contribution in [1.82, 2.24) is 25.3 Å². The van der Waals surface area contributed by atoms with Gasteiger partial charge in [-0.3, -0.25) is 0 Å². The molecule has 1 aliphatic rings. The van der Waals surface area contributed by atoms with Gasteiger partial charge in [-0.1, -0.05) is 27.7 Å². The van der Waals surface area contributed by atoms with Crippen molar-refractivity contribution in [2.45, 2.75) is 33.7 Å². The van der Waals surface area contributed by atoms with E-state index in [4.69, 9.17) is 0 Å². The van der Waals surface area contributed by atoms with Crippen LogP contribution in [0, 0.1) is 10.8 Å². The average molecular weight is 232 g/mol. The summed E-state index contributed by atoms with van der Waals surface area (Å²) in [5.41, 5.74) is 1.22. The van der Waals surface area contributed by atoms with E-state index in [9.17, 15) is 0 Å². The van der Waals surface area contributed by atoms with Crippen molar-refractivity contribution in [3.05, 3.63) is 12.1 Å². The van der Waals surface area contributed by atoms with Gasteiger partial charge in [-0.25, -0.2) is 0 Å². The Hall–Kier alpha value is -1.72. The molecule has 90 valence electrons. The lowest BCUT2D eigenvalue weighted by Crippen LogP contribution is -2.12. The smallest absolute Gasteiger partial charge is 0.200 e. The molecule has 2 heterocycles. The topological polar surface area (TPSA) is 68.0 Å². The Bertz CT molecular complexity index is 556. The summed E-state index contributed by atoms with van der Waals surface area (Å²) in [5, 5.41) is 18.9. The molecule has 0 amide bonds. The predicted octanol–water partition coefficient (Wildman–Crippen LogP) is 1.37. The highest BCUT2D eigenvalue weighted by Crippen LogP contribution is 2.63. The number of nitrogens with one attached hydrogen (secondary N) is 1. The van der Waals surface area contributed by atoms with Crippen molar-refractivity contribution >= 4 is 11.5 Å². The molecule has 0 saturated heterocycles. The van der Waals surface area contributed by atoms with Crippen molar-refractivity contribution in [2.75, 3.05) is 5.32 Å². The largest absolute Gasteiger partial charge is 0.365 e. The van der Waals surface area contributed by atoms with Gasteiger partial charge in [0.1, 0.15) is 5.82 Å². The van der Waals surface area contributed by atoms with Gasteiger partial charge in [0, 0.05) is 6.04 Å². The van der Waals surface area contributed by atoms with E-state index >= 15 is 0 Å². The second-order valence-corrected chi connectivity index (χ2v) is 5.77. The summed E-state index contributed by atoms with van der Waals surface area (Å²) in [5.74, 6) is 0.813. The predicted molar refractivity (Wildman–Crippen MR) is 63.5 cm³/mol. The second kappa shape index (κ2) is 2.94. The Morgan fingerprint density at radius 3 is 2.53 bits per heavy atom. The van der Waals surface area contributed by atoms with E-state index in [1.165, 1.54) is 4.63 Å². The molecule has 0 radical (unpaired) electrons. The molecule has 1 fully saturated rings. The van der Waals surface area contributed by atoms with E-state index in [1.807, 2.05) is 12.1 Å². The Labute approximate surface area is 99.4 Å². The van der Waals surface area contributed by atoms with Crippen molar-refractivity contribution in [3.63, 3.8) is 0 Å². The number of hydrogen-bond acceptors (Lipinski definition) is 5. The molecule has 1 N–H and O–H groups in total. The molecule has 6 heteroatoms. The van der Waals surface area contributed by atoms with Crippen LogP contribution in [0.4, 0.5) is 5.82 Å². The van der Waals surface area contributed by atoms with Gasteiger partial charge < -0.3 is 5.32 Å². The van der Waals surface area contributed by atoms with Gasteiger partial charge in [0.15, 0.2) is 5.65 Å². The Balaban J connectivity index is 1.87. The maximum absolute atomic E-state index is 4.32. The molecule has 2 aromatic rings. The molecular weight excluding hydrogens is 216 g/mol. The van der Waals surface area contributed by atoms with Crippen LogP contribution in [-0.4, -0.2) is 31.3 Å². The first kappa shape index (κ1) is 10.4. The van der Waals surface area contributed by atoms with Gasteiger partial charge in [0.25, 0.3) is 0 Å². The fraction of sp³-hybridized carbons (Fsp3) is 0.636. The summed E-state index contributed by atoms with van der Waals surface area (Å²) in [7, 11) is 0. The first-order valence-electron chi connectivity index (χ1n) is 5.75. The zero-order valence-corrected chi connectivity index (χ0v) is 10.5. The van der Waals surface area contributed by atoms with Crippen molar-refractivity contribution in [2.24, 2.45) is 10.8 Å². The van der Waals surface area contributed by atoms with Crippen LogP contribution in [0.1, 0.15) is 27.7 Å². The van der Waals surface area contributed by atoms with Crippen LogP contribution in [0.3, 0.4) is 0 Å². The molecular formula is C11H16N6. The third-order valence-corrected chi connectivity index (χ3v) is 4.38. The maximum atomic E-state index is 4.32. The van der Waals surface area contributed by atoms with Gasteiger partial charge in [-0.2, -0.15) is 0 Å². The highest BCUT2D eigenvalue weighted by atomic mass is 15.6. The minimum atomic E-state index is 0.282. The molecule has 2 aromatic heterocycles. The highest BCUT2D eigenvalue weighted by Gasteiger charge is 2.65. The van der Waals surface area contributed by atoms with Crippen molar-refractivity contribution in [1.29, 1.82) is 0 Å². The lowest BCUT2D eigenvalue weighted by atomic mass is 10.0. The SMILES string of the molecule is CC1(C)C(Nc2ccc3nnnn3n2)C1(C)C. The first-order chi connectivity index (χ1) is 7.93. The zero-order chi connectivity index (χ0) is 12.3. The van der Waals surface area contributed by atoms with Crippen LogP contribution >= 0.6 is 0 Å². The maximum Gasteiger partial charge on any atom is 0.200 e. The second-order valence-electron chi connectivity index (χ2n) is 5.77. The van der Waals surface area contributed by atoms with Crippen molar-refractivity contribution in [3.8, 4) is 0 Å². The lowest BCUT2D eigenvalue weighted by Gasteiger charge is -2.06. The number of hydrogen-bond donors (Lipinski definition) is 1. The number of fused-ring (bicyclic) bond motifs is 1. The van der Waals surface area contributed by atoms with Crippen LogP contribution in [0.25, 0.3) is 5.65 Å². The van der Waals surface area contributed by atoms with Gasteiger partial charge in [0.2, 0.25) is 0 Å². The minimum absolute atomic E-state index is 0.282. The number of tetrazole rings is 1. The van der Waals surface area contributed by atoms with Crippen LogP contribution in [0.5, 0.6) is 0 Å². The van der Waals surface area contributed by atoms with Crippen LogP contribution in [0.2, 0.25) is 0 Å².